The first-order valence-electron chi connectivity index (χ1n) is 9.54. The van der Waals surface area contributed by atoms with Crippen molar-refractivity contribution in [3.8, 4) is 5.75 Å². The molecule has 0 radical (unpaired) electrons. The maximum absolute atomic E-state index is 12.5. The van der Waals surface area contributed by atoms with Crippen LogP contribution in [0, 0.1) is 13.8 Å². The van der Waals surface area contributed by atoms with E-state index in [0.717, 1.165) is 5.56 Å². The van der Waals surface area contributed by atoms with Crippen LogP contribution in [0.1, 0.15) is 54.9 Å². The molecule has 0 fully saturated rings. The van der Waals surface area contributed by atoms with Gasteiger partial charge in [-0.05, 0) is 50.1 Å². The number of aryl methyl sites for hydroxylation is 1. The Bertz CT molecular complexity index is 1080. The third-order valence-electron chi connectivity index (χ3n) is 4.72. The molecular weight excluding hydrogens is 382 g/mol. The molecule has 154 valence electrons. The molecule has 0 aliphatic carbocycles. The molecule has 30 heavy (non-hydrogen) atoms. The standard InChI is InChI=1S/C24H23NO5/c1-15-22(17(3)26)16(2)25-23(15)21(27)14-30-24(28)19-10-7-11-20(12-19)29-13-18-8-5-4-6-9-18/h4-12,25H,13-14H2,1-3H3. The smallest absolute Gasteiger partial charge is 0.338 e. The Balaban J connectivity index is 1.62. The summed E-state index contributed by atoms with van der Waals surface area (Å²) in [5, 5.41) is 0. The molecule has 0 amide bonds. The number of H-pyrrole nitrogens is 1. The van der Waals surface area contributed by atoms with Crippen LogP contribution in [0.5, 0.6) is 5.75 Å². The van der Waals surface area contributed by atoms with E-state index in [2.05, 4.69) is 4.98 Å². The molecule has 0 aliphatic heterocycles. The number of hydrogen-bond donors (Lipinski definition) is 1. The quantitative estimate of drug-likeness (QED) is 0.442. The number of nitrogens with one attached hydrogen (secondary N) is 1. The molecule has 1 N–H and O–H groups in total. The number of esters is 1. The number of aromatic amines is 1. The highest BCUT2D eigenvalue weighted by Gasteiger charge is 2.21. The van der Waals surface area contributed by atoms with Gasteiger partial charge in [0.05, 0.1) is 11.3 Å². The maximum Gasteiger partial charge on any atom is 0.338 e. The molecule has 3 rings (SSSR count). The van der Waals surface area contributed by atoms with Gasteiger partial charge in [0.1, 0.15) is 12.4 Å². The molecule has 0 unspecified atom stereocenters. The van der Waals surface area contributed by atoms with Crippen molar-refractivity contribution >= 4 is 17.5 Å². The van der Waals surface area contributed by atoms with Gasteiger partial charge in [0.15, 0.2) is 12.4 Å². The first kappa shape index (κ1) is 21.0. The van der Waals surface area contributed by atoms with E-state index in [-0.39, 0.29) is 17.0 Å². The predicted molar refractivity (Wildman–Crippen MR) is 112 cm³/mol. The van der Waals surface area contributed by atoms with Crippen LogP contribution in [0.25, 0.3) is 0 Å². The molecule has 6 heteroatoms. The Kier molecular flexibility index (Phi) is 6.47. The van der Waals surface area contributed by atoms with Crippen LogP contribution in [0.3, 0.4) is 0 Å². The van der Waals surface area contributed by atoms with E-state index in [1.54, 1.807) is 38.1 Å². The zero-order chi connectivity index (χ0) is 21.7. The third-order valence-corrected chi connectivity index (χ3v) is 4.72. The maximum atomic E-state index is 12.5. The summed E-state index contributed by atoms with van der Waals surface area (Å²) < 4.78 is 10.9. The highest BCUT2D eigenvalue weighted by molar-refractivity contribution is 6.04. The summed E-state index contributed by atoms with van der Waals surface area (Å²) in [6, 6.07) is 16.3. The van der Waals surface area contributed by atoms with Gasteiger partial charge in [-0.25, -0.2) is 4.79 Å². The number of carbonyl (C=O) groups excluding carboxylic acids is 3. The van der Waals surface area contributed by atoms with Crippen molar-refractivity contribution in [3.05, 3.63) is 88.2 Å². The van der Waals surface area contributed by atoms with E-state index in [1.807, 2.05) is 30.3 Å². The fraction of sp³-hybridized carbons (Fsp3) is 0.208. The molecule has 0 saturated carbocycles. The Morgan fingerprint density at radius 2 is 1.70 bits per heavy atom. The average molecular weight is 405 g/mol. The Morgan fingerprint density at radius 1 is 0.967 bits per heavy atom. The van der Waals surface area contributed by atoms with Gasteiger partial charge in [-0.3, -0.25) is 9.59 Å². The van der Waals surface area contributed by atoms with Crippen molar-refractivity contribution in [2.45, 2.75) is 27.4 Å². The van der Waals surface area contributed by atoms with E-state index >= 15 is 0 Å². The number of Topliss-reactive ketones (excluding diaryl/α,β-unsaturated/α-hetero) is 2. The topological polar surface area (TPSA) is 85.5 Å². The fourth-order valence-corrected chi connectivity index (χ4v) is 3.30. The molecule has 0 aliphatic rings. The van der Waals surface area contributed by atoms with Crippen LogP contribution in [-0.2, 0) is 11.3 Å². The molecule has 1 aromatic heterocycles. The van der Waals surface area contributed by atoms with Crippen molar-refractivity contribution in [2.75, 3.05) is 6.61 Å². The van der Waals surface area contributed by atoms with Gasteiger partial charge >= 0.3 is 5.97 Å². The summed E-state index contributed by atoms with van der Waals surface area (Å²) in [7, 11) is 0. The van der Waals surface area contributed by atoms with Crippen molar-refractivity contribution in [1.29, 1.82) is 0 Å². The predicted octanol–water partition coefficient (Wildman–Crippen LogP) is 4.45. The van der Waals surface area contributed by atoms with Crippen LogP contribution < -0.4 is 4.74 Å². The van der Waals surface area contributed by atoms with E-state index in [0.29, 0.717) is 29.2 Å². The third kappa shape index (κ3) is 4.84. The lowest BCUT2D eigenvalue weighted by atomic mass is 10.1. The van der Waals surface area contributed by atoms with Crippen molar-refractivity contribution < 1.29 is 23.9 Å². The largest absolute Gasteiger partial charge is 0.489 e. The lowest BCUT2D eigenvalue weighted by molar-refractivity contribution is 0.0473. The molecule has 0 spiro atoms. The molecule has 0 saturated heterocycles. The first-order chi connectivity index (χ1) is 14.4. The summed E-state index contributed by atoms with van der Waals surface area (Å²) in [6.07, 6.45) is 0. The van der Waals surface area contributed by atoms with E-state index in [9.17, 15) is 14.4 Å². The second-order valence-electron chi connectivity index (χ2n) is 6.98. The minimum absolute atomic E-state index is 0.121. The highest BCUT2D eigenvalue weighted by Crippen LogP contribution is 2.20. The van der Waals surface area contributed by atoms with Crippen LogP contribution in [0.15, 0.2) is 54.6 Å². The summed E-state index contributed by atoms with van der Waals surface area (Å²) in [5.41, 5.74) is 3.27. The number of ether oxygens (including phenoxy) is 2. The number of benzene rings is 2. The van der Waals surface area contributed by atoms with Gasteiger partial charge in [-0.15, -0.1) is 0 Å². The zero-order valence-corrected chi connectivity index (χ0v) is 17.2. The van der Waals surface area contributed by atoms with E-state index < -0.39 is 18.4 Å². The average Bonchev–Trinajstić information content (AvgIpc) is 3.05. The molecule has 0 bridgehead atoms. The highest BCUT2D eigenvalue weighted by atomic mass is 16.5. The van der Waals surface area contributed by atoms with Gasteiger partial charge in [-0.2, -0.15) is 0 Å². The van der Waals surface area contributed by atoms with Crippen LogP contribution in [0.4, 0.5) is 0 Å². The number of ketones is 2. The summed E-state index contributed by atoms with van der Waals surface area (Å²) in [6.45, 7) is 4.83. The molecule has 3 aromatic rings. The first-order valence-corrected chi connectivity index (χ1v) is 9.54. The minimum atomic E-state index is -0.624. The van der Waals surface area contributed by atoms with Crippen molar-refractivity contribution in [3.63, 3.8) is 0 Å². The second kappa shape index (κ2) is 9.22. The van der Waals surface area contributed by atoms with Gasteiger partial charge < -0.3 is 14.5 Å². The number of rotatable bonds is 8. The molecule has 0 atom stereocenters. The molecule has 2 aromatic carbocycles. The second-order valence-corrected chi connectivity index (χ2v) is 6.98. The fourth-order valence-electron chi connectivity index (χ4n) is 3.30. The van der Waals surface area contributed by atoms with Crippen LogP contribution in [-0.4, -0.2) is 29.1 Å². The SMILES string of the molecule is CC(=O)c1c(C)[nH]c(C(=O)COC(=O)c2cccc(OCc3ccccc3)c2)c1C. The van der Waals surface area contributed by atoms with E-state index in [4.69, 9.17) is 9.47 Å². The lowest BCUT2D eigenvalue weighted by Crippen LogP contribution is -2.15. The molecular formula is C24H23NO5. The van der Waals surface area contributed by atoms with Crippen LogP contribution >= 0.6 is 0 Å². The van der Waals surface area contributed by atoms with Crippen LogP contribution in [0.2, 0.25) is 0 Å². The Hall–Kier alpha value is -3.67. The zero-order valence-electron chi connectivity index (χ0n) is 17.2. The van der Waals surface area contributed by atoms with Gasteiger partial charge in [0, 0.05) is 11.3 Å². The summed E-state index contributed by atoms with van der Waals surface area (Å²) in [5.74, 6) is -0.611. The Labute approximate surface area is 174 Å². The van der Waals surface area contributed by atoms with E-state index in [1.165, 1.54) is 6.92 Å². The van der Waals surface area contributed by atoms with Crippen molar-refractivity contribution in [2.24, 2.45) is 0 Å². The van der Waals surface area contributed by atoms with Gasteiger partial charge in [0.25, 0.3) is 0 Å². The molecule has 6 nitrogen and oxygen atoms in total. The monoisotopic (exact) mass is 405 g/mol. The Morgan fingerprint density at radius 3 is 2.37 bits per heavy atom. The molecule has 1 heterocycles. The minimum Gasteiger partial charge on any atom is -0.489 e. The number of carbonyl (C=O) groups is 3. The summed E-state index contributed by atoms with van der Waals surface area (Å²) in [4.78, 5) is 39.5. The lowest BCUT2D eigenvalue weighted by Gasteiger charge is -2.08. The normalized spacial score (nSPS) is 10.5. The van der Waals surface area contributed by atoms with Crippen molar-refractivity contribution in [1.82, 2.24) is 4.98 Å². The number of aromatic nitrogens is 1. The van der Waals surface area contributed by atoms with Gasteiger partial charge in [-0.1, -0.05) is 36.4 Å². The van der Waals surface area contributed by atoms with Gasteiger partial charge in [0.2, 0.25) is 5.78 Å². The summed E-state index contributed by atoms with van der Waals surface area (Å²) >= 11 is 0. The number of hydrogen-bond acceptors (Lipinski definition) is 5.